The van der Waals surface area contributed by atoms with Crippen LogP contribution >= 0.6 is 0 Å². The third-order valence-corrected chi connectivity index (χ3v) is 6.37. The van der Waals surface area contributed by atoms with Gasteiger partial charge in [-0.05, 0) is 115 Å². The fourth-order valence-electron chi connectivity index (χ4n) is 4.73. The maximum Gasteiger partial charge on any atom is -0.0233 e. The van der Waals surface area contributed by atoms with Crippen LogP contribution in [0.15, 0.2) is 36.5 Å². The van der Waals surface area contributed by atoms with E-state index in [1.165, 1.54) is 77.0 Å². The lowest BCUT2D eigenvalue weighted by Crippen LogP contribution is -2.13. The monoisotopic (exact) mass is 328 g/mol. The van der Waals surface area contributed by atoms with E-state index in [2.05, 4.69) is 50.3 Å². The van der Waals surface area contributed by atoms with Gasteiger partial charge in [0.15, 0.2) is 0 Å². The van der Waals surface area contributed by atoms with Crippen molar-refractivity contribution < 1.29 is 0 Å². The molecule has 0 heterocycles. The average Bonchev–Trinajstić information content (AvgIpc) is 2.62. The molecular weight excluding hydrogens is 288 g/mol. The summed E-state index contributed by atoms with van der Waals surface area (Å²) < 4.78 is 0. The van der Waals surface area contributed by atoms with Crippen molar-refractivity contribution in [2.24, 2.45) is 23.7 Å². The number of hydrogen-bond acceptors (Lipinski definition) is 0. The van der Waals surface area contributed by atoms with Gasteiger partial charge in [0.25, 0.3) is 0 Å². The Labute approximate surface area is 151 Å². The molecule has 2 aliphatic rings. The summed E-state index contributed by atoms with van der Waals surface area (Å²) in [7, 11) is 0. The van der Waals surface area contributed by atoms with Gasteiger partial charge < -0.3 is 0 Å². The van der Waals surface area contributed by atoms with Crippen molar-refractivity contribution in [3.63, 3.8) is 0 Å². The molecule has 2 aliphatic carbocycles. The maximum atomic E-state index is 2.56. The van der Waals surface area contributed by atoms with Gasteiger partial charge in [0.1, 0.15) is 0 Å². The van der Waals surface area contributed by atoms with Crippen LogP contribution in [-0.4, -0.2) is 0 Å². The zero-order valence-electron chi connectivity index (χ0n) is 16.3. The Hall–Kier alpha value is -0.780. The Kier molecular flexibility index (Phi) is 9.54. The molecule has 0 N–H and O–H groups in total. The quantitative estimate of drug-likeness (QED) is 0.398. The Morgan fingerprint density at radius 2 is 1.08 bits per heavy atom. The summed E-state index contributed by atoms with van der Waals surface area (Å²) in [5.41, 5.74) is 0. The summed E-state index contributed by atoms with van der Waals surface area (Å²) in [6.45, 7) is 4.29. The first kappa shape index (κ1) is 19.5. The van der Waals surface area contributed by atoms with Crippen molar-refractivity contribution in [1.82, 2.24) is 0 Å². The smallest absolute Gasteiger partial charge is 0.0233 e. The van der Waals surface area contributed by atoms with E-state index in [1.807, 2.05) is 0 Å². The van der Waals surface area contributed by atoms with Crippen LogP contribution in [0.2, 0.25) is 0 Å². The largest absolute Gasteiger partial charge is 0.0917 e. The van der Waals surface area contributed by atoms with E-state index in [9.17, 15) is 0 Å². The lowest BCUT2D eigenvalue weighted by Gasteiger charge is -2.27. The molecule has 0 spiro atoms. The number of rotatable bonds is 8. The molecule has 0 heteroatoms. The van der Waals surface area contributed by atoms with Gasteiger partial charge in [-0.1, -0.05) is 36.5 Å². The second-order valence-corrected chi connectivity index (χ2v) is 8.24. The highest BCUT2D eigenvalue weighted by atomic mass is 14.3. The summed E-state index contributed by atoms with van der Waals surface area (Å²) in [5.74, 6) is 3.76. The highest BCUT2D eigenvalue weighted by Gasteiger charge is 2.20. The summed E-state index contributed by atoms with van der Waals surface area (Å²) in [6.07, 6.45) is 31.3. The van der Waals surface area contributed by atoms with E-state index in [0.717, 1.165) is 23.7 Å². The van der Waals surface area contributed by atoms with Crippen molar-refractivity contribution in [2.75, 3.05) is 0 Å². The zero-order valence-corrected chi connectivity index (χ0v) is 16.3. The van der Waals surface area contributed by atoms with Crippen LogP contribution in [0.5, 0.6) is 0 Å². The van der Waals surface area contributed by atoms with E-state index < -0.39 is 0 Å². The van der Waals surface area contributed by atoms with Gasteiger partial charge in [-0.3, -0.25) is 0 Å². The zero-order chi connectivity index (χ0) is 17.0. The van der Waals surface area contributed by atoms with Crippen LogP contribution in [0, 0.1) is 23.7 Å². The molecule has 24 heavy (non-hydrogen) atoms. The molecule has 0 aromatic carbocycles. The van der Waals surface area contributed by atoms with Crippen molar-refractivity contribution >= 4 is 0 Å². The minimum Gasteiger partial charge on any atom is -0.0917 e. The number of allylic oxidation sites excluding steroid dienone is 6. The SMILES string of the molecule is CC=CCC[C@H]1CC[C@H](C=CCC[C@H]2CC[C@H](C=CC)CC2)CC1. The normalized spacial score (nSPS) is 32.2. The first-order chi connectivity index (χ1) is 11.8. The van der Waals surface area contributed by atoms with E-state index in [-0.39, 0.29) is 0 Å². The Morgan fingerprint density at radius 3 is 1.58 bits per heavy atom. The molecule has 2 saturated carbocycles. The van der Waals surface area contributed by atoms with Crippen molar-refractivity contribution in [1.29, 1.82) is 0 Å². The molecule has 0 bridgehead atoms. The van der Waals surface area contributed by atoms with Crippen molar-refractivity contribution in [3.05, 3.63) is 36.5 Å². The van der Waals surface area contributed by atoms with E-state index in [4.69, 9.17) is 0 Å². The highest BCUT2D eigenvalue weighted by Crippen LogP contribution is 2.34. The maximum absolute atomic E-state index is 2.56. The fourth-order valence-corrected chi connectivity index (χ4v) is 4.73. The molecule has 0 saturated heterocycles. The second-order valence-electron chi connectivity index (χ2n) is 8.24. The Balaban J connectivity index is 1.54. The van der Waals surface area contributed by atoms with Crippen LogP contribution in [0.25, 0.3) is 0 Å². The van der Waals surface area contributed by atoms with Crippen LogP contribution in [0.3, 0.4) is 0 Å². The van der Waals surface area contributed by atoms with Crippen molar-refractivity contribution in [3.8, 4) is 0 Å². The summed E-state index contributed by atoms with van der Waals surface area (Å²) in [6, 6.07) is 0. The molecular formula is C24H40. The highest BCUT2D eigenvalue weighted by molar-refractivity contribution is 4.93. The average molecular weight is 329 g/mol. The van der Waals surface area contributed by atoms with Gasteiger partial charge in [-0.2, -0.15) is 0 Å². The van der Waals surface area contributed by atoms with Gasteiger partial charge in [0.05, 0.1) is 0 Å². The third kappa shape index (κ3) is 7.41. The van der Waals surface area contributed by atoms with Crippen LogP contribution in [0.1, 0.15) is 90.9 Å². The molecule has 2 rings (SSSR count). The minimum absolute atomic E-state index is 0.879. The first-order valence-electron chi connectivity index (χ1n) is 10.7. The third-order valence-electron chi connectivity index (χ3n) is 6.37. The molecule has 0 unspecified atom stereocenters. The predicted octanol–water partition coefficient (Wildman–Crippen LogP) is 7.87. The van der Waals surface area contributed by atoms with E-state index >= 15 is 0 Å². The second kappa shape index (κ2) is 11.7. The van der Waals surface area contributed by atoms with E-state index in [0.29, 0.717) is 0 Å². The number of hydrogen-bond donors (Lipinski definition) is 0. The minimum atomic E-state index is 0.879. The van der Waals surface area contributed by atoms with Gasteiger partial charge in [0, 0.05) is 0 Å². The molecule has 0 radical (unpaired) electrons. The first-order valence-corrected chi connectivity index (χ1v) is 10.7. The molecule has 0 aromatic rings. The molecule has 0 atom stereocenters. The molecule has 0 amide bonds. The Bertz CT molecular complexity index is 384. The molecule has 0 nitrogen and oxygen atoms in total. The predicted molar refractivity (Wildman–Crippen MR) is 108 cm³/mol. The molecule has 0 aromatic heterocycles. The molecule has 0 aliphatic heterocycles. The molecule has 2 fully saturated rings. The molecule has 136 valence electrons. The van der Waals surface area contributed by atoms with Crippen LogP contribution in [0.4, 0.5) is 0 Å². The van der Waals surface area contributed by atoms with Crippen LogP contribution < -0.4 is 0 Å². The lowest BCUT2D eigenvalue weighted by molar-refractivity contribution is 0.293. The van der Waals surface area contributed by atoms with Gasteiger partial charge in [0.2, 0.25) is 0 Å². The Morgan fingerprint density at radius 1 is 0.583 bits per heavy atom. The van der Waals surface area contributed by atoms with Gasteiger partial charge in [-0.15, -0.1) is 0 Å². The van der Waals surface area contributed by atoms with Crippen molar-refractivity contribution in [2.45, 2.75) is 90.9 Å². The topological polar surface area (TPSA) is 0 Å². The van der Waals surface area contributed by atoms with E-state index in [1.54, 1.807) is 0 Å². The summed E-state index contributed by atoms with van der Waals surface area (Å²) in [5, 5.41) is 0. The fraction of sp³-hybridized carbons (Fsp3) is 0.750. The van der Waals surface area contributed by atoms with Crippen LogP contribution in [-0.2, 0) is 0 Å². The standard InChI is InChI=1S/C24H40/c1-3-5-6-10-22-17-19-24(20-18-22)12-8-7-11-23-15-13-21(9-4-2)14-16-23/h3-5,8-9,12,21-24H,6-7,10-11,13-20H2,1-2H3/t21-,22-,23-,24-. The summed E-state index contributed by atoms with van der Waals surface area (Å²) in [4.78, 5) is 0. The van der Waals surface area contributed by atoms with Gasteiger partial charge >= 0.3 is 0 Å². The lowest BCUT2D eigenvalue weighted by atomic mass is 9.79. The summed E-state index contributed by atoms with van der Waals surface area (Å²) >= 11 is 0. The van der Waals surface area contributed by atoms with Gasteiger partial charge in [-0.25, -0.2) is 0 Å².